The molecule has 0 fully saturated rings. The number of carbonyl (C=O) groups is 3. The molecular formula is C101H104F9N21O11S6. The van der Waals surface area contributed by atoms with Crippen LogP contribution in [0.15, 0.2) is 252 Å². The van der Waals surface area contributed by atoms with E-state index in [1.165, 1.54) is 89.8 Å². The summed E-state index contributed by atoms with van der Waals surface area (Å²) >= 11 is 3.73. The van der Waals surface area contributed by atoms with Gasteiger partial charge in [-0.25, -0.2) is 124 Å². The number of alkyl carbamates (subject to hydrolysis) is 2. The van der Waals surface area contributed by atoms with E-state index in [4.69, 9.17) is 37.3 Å². The smallest absolute Gasteiger partial charge is 0.407 e. The average molecular weight is 2150 g/mol. The van der Waals surface area contributed by atoms with Crippen LogP contribution in [0.3, 0.4) is 0 Å². The van der Waals surface area contributed by atoms with Crippen molar-refractivity contribution >= 4 is 117 Å². The number of benzene rings is 9. The summed E-state index contributed by atoms with van der Waals surface area (Å²) in [5.74, 6) is -10.1. The number of carbonyl (C=O) groups excluding carboxylic acids is 3. The predicted molar refractivity (Wildman–Crippen MR) is 558 cm³/mol. The number of hydrogen-bond donors (Lipinski definition) is 12. The summed E-state index contributed by atoms with van der Waals surface area (Å²) in [4.78, 5) is 73.1. The van der Waals surface area contributed by atoms with Crippen LogP contribution in [0.5, 0.6) is 0 Å². The number of amides is 4. The molecule has 778 valence electrons. The Morgan fingerprint density at radius 1 is 0.385 bits per heavy atom. The minimum atomic E-state index is -4.85. The first-order valence-corrected chi connectivity index (χ1v) is 52.0. The summed E-state index contributed by atoms with van der Waals surface area (Å²) in [5, 5.41) is 21.4. The topological polar surface area (TPSA) is 460 Å². The van der Waals surface area contributed by atoms with E-state index in [2.05, 4.69) is 67.1 Å². The molecule has 14 N–H and O–H groups in total. The number of nitrogens with two attached hydrogens (primary N) is 2. The number of urea groups is 1. The van der Waals surface area contributed by atoms with Gasteiger partial charge < -0.3 is 58.2 Å². The number of halogens is 9. The third kappa shape index (κ3) is 30.5. The molecule has 0 unspecified atom stereocenters. The molecule has 0 aliphatic rings. The van der Waals surface area contributed by atoms with Crippen molar-refractivity contribution in [3.05, 3.63) is 289 Å². The number of thiazole rings is 3. The molecule has 0 aliphatic carbocycles. The molecule has 6 aromatic heterocycles. The van der Waals surface area contributed by atoms with Crippen molar-refractivity contribution in [2.75, 3.05) is 63.3 Å². The van der Waals surface area contributed by atoms with E-state index in [0.717, 1.165) is 89.5 Å². The molecule has 32 nitrogen and oxygen atoms in total. The highest BCUT2D eigenvalue weighted by atomic mass is 32.2. The van der Waals surface area contributed by atoms with Crippen LogP contribution in [0.25, 0.3) is 97.2 Å². The SMILES string of the molecule is CNC(=O)N[C@@H](C)CNc1nccc(-c2sc(-c3ccccc3)nc2-c2cccc(NS(=O)(=O)c3c(F)cccc3F)c2F)n1.C[C@@H](CN)NC(=O)OC(C)(C)C.C[C@@H](CNc1nccc(-c2sc(-c3ccccc3)nc2-c2cccc(NS(=O)(=O)c3c(F)cccc3F)c2F)n1)NC(=O)OC(C)(C)C.C[C@H](N)CNc1nccc(-c2sc(-c3ccccc3)nc2-c2cccc(NS(=O)(=O)c3c(F)cccc3F)c2F)n1.[2H]CC. The molecular weight excluding hydrogens is 2050 g/mol. The van der Waals surface area contributed by atoms with Crippen LogP contribution in [-0.2, 0) is 39.5 Å². The molecule has 4 amide bonds. The highest BCUT2D eigenvalue weighted by Gasteiger charge is 2.34. The maximum atomic E-state index is 16.2. The fourth-order valence-electron chi connectivity index (χ4n) is 13.3. The highest BCUT2D eigenvalue weighted by Crippen LogP contribution is 2.47. The summed E-state index contributed by atoms with van der Waals surface area (Å²) in [6.07, 6.45) is 3.57. The van der Waals surface area contributed by atoms with Gasteiger partial charge in [0.25, 0.3) is 30.1 Å². The Balaban J connectivity index is 0.000000198. The maximum absolute atomic E-state index is 16.2. The monoisotopic (exact) mass is 2150 g/mol. The molecule has 0 bridgehead atoms. The minimum Gasteiger partial charge on any atom is -0.444 e. The summed E-state index contributed by atoms with van der Waals surface area (Å²) < 4.78 is 234. The van der Waals surface area contributed by atoms with Crippen LogP contribution in [0.1, 0.15) is 84.4 Å². The van der Waals surface area contributed by atoms with Crippen LogP contribution in [-0.4, -0.2) is 157 Å². The second-order valence-corrected chi connectivity index (χ2v) is 41.9. The minimum absolute atomic E-state index is 0.0418. The fourth-order valence-corrected chi connectivity index (χ4v) is 20.0. The summed E-state index contributed by atoms with van der Waals surface area (Å²) in [7, 11) is -13.0. The van der Waals surface area contributed by atoms with E-state index in [-0.39, 0.29) is 82.4 Å². The third-order valence-corrected chi connectivity index (χ3v) is 27.5. The van der Waals surface area contributed by atoms with Crippen LogP contribution < -0.4 is 62.9 Å². The Hall–Kier alpha value is -15.1. The Labute approximate surface area is 862 Å². The molecule has 15 aromatic rings. The molecule has 148 heavy (non-hydrogen) atoms. The lowest BCUT2D eigenvalue weighted by Crippen LogP contribution is -2.42. The van der Waals surface area contributed by atoms with Crippen molar-refractivity contribution in [1.82, 2.24) is 66.1 Å². The Morgan fingerprint density at radius 2 is 0.655 bits per heavy atom. The van der Waals surface area contributed by atoms with E-state index in [1.807, 2.05) is 140 Å². The Morgan fingerprint density at radius 3 is 0.926 bits per heavy atom. The highest BCUT2D eigenvalue weighted by molar-refractivity contribution is 7.93. The number of rotatable bonds is 31. The number of aromatic nitrogens is 9. The zero-order valence-electron chi connectivity index (χ0n) is 82.4. The Kier molecular flexibility index (Phi) is 38.3. The van der Waals surface area contributed by atoms with E-state index in [9.17, 15) is 66.0 Å². The molecule has 0 spiro atoms. The maximum Gasteiger partial charge on any atom is 0.407 e. The van der Waals surface area contributed by atoms with Gasteiger partial charge >= 0.3 is 18.2 Å². The summed E-state index contributed by atoms with van der Waals surface area (Å²) in [5.41, 5.74) is 12.3. The van der Waals surface area contributed by atoms with Crippen molar-refractivity contribution in [2.45, 2.75) is 133 Å². The number of nitrogens with zero attached hydrogens (tertiary/aromatic N) is 9. The number of anilines is 6. The van der Waals surface area contributed by atoms with Crippen molar-refractivity contribution in [3.8, 4) is 97.2 Å². The Bertz CT molecular complexity index is 7500. The van der Waals surface area contributed by atoms with Crippen molar-refractivity contribution in [3.63, 3.8) is 0 Å². The number of hydrogen-bond acceptors (Lipinski definition) is 28. The van der Waals surface area contributed by atoms with Gasteiger partial charge in [0, 0.05) is 111 Å². The number of sulfonamides is 3. The van der Waals surface area contributed by atoms with E-state index in [1.54, 1.807) is 65.9 Å². The molecule has 47 heteroatoms. The van der Waals surface area contributed by atoms with Gasteiger partial charge in [-0.05, 0) is 160 Å². The lowest BCUT2D eigenvalue weighted by atomic mass is 10.1. The van der Waals surface area contributed by atoms with Crippen molar-refractivity contribution in [2.24, 2.45) is 11.5 Å². The predicted octanol–water partition coefficient (Wildman–Crippen LogP) is 21.2. The lowest BCUT2D eigenvalue weighted by molar-refractivity contribution is 0.0498. The van der Waals surface area contributed by atoms with Crippen molar-refractivity contribution < 1.29 is 90.0 Å². The van der Waals surface area contributed by atoms with Crippen LogP contribution in [0.2, 0.25) is 0 Å². The standard InChI is InChI=1S/C33H31F3N6O4S2.C30H26F3N7O3S2.C28H23F3N6O2S2.C8H18N2O2.C2H6/c1-19(39-32(43)46-33(2,3)4)18-38-31-37-17-16-25(40-31)28-27(41-30(47-28)20-10-6-5-7-11-20)21-12-8-15-24(26(21)36)42-48(44,45)29-22(34)13-9-14-23(29)35;1-17(37-30(41)34-2)16-36-29-35-15-14-23(38-29)26-25(39-28(44-26)18-8-4-3-5-9-18)19-10-6-13-22(24(19)33)40-45(42,43)27-20(31)11-7-12-21(27)32;1-16(32)15-34-28-33-14-13-22(35-28)25-24(36-27(40-25)17-7-3-2-4-8-17)18-9-5-12-21(23(18)31)37-41(38,39)26-19(29)10-6-11-20(26)30;1-6(5-9)10-7(11)12-8(2,3)4;1-2/h5-17,19,42H,18H2,1-4H3,(H,39,43)(H,37,38,40);3-15,17,40H,16H2,1-2H3,(H2,34,37,41)(H,35,36,38);2-14,16,37H,15,32H2,1H3,(H,33,34,35);6H,5,9H2,1-4H3,(H,10,11);1-2H3/t19-;17-;16-;6-;/m0000./s1/i;;;;1D. The molecule has 4 atom stereocenters. The lowest BCUT2D eigenvalue weighted by Gasteiger charge is -2.22. The summed E-state index contributed by atoms with van der Waals surface area (Å²) in [6, 6.07) is 51.1. The van der Waals surface area contributed by atoms with Gasteiger partial charge in [0.15, 0.2) is 32.1 Å². The fraction of sp³-hybridized carbons (Fsp3) is 0.228. The van der Waals surface area contributed by atoms with Gasteiger partial charge in [0.1, 0.15) is 61.1 Å². The average Bonchev–Trinajstić information content (AvgIpc) is 1.20. The van der Waals surface area contributed by atoms with Gasteiger partial charge in [-0.2, -0.15) is 0 Å². The van der Waals surface area contributed by atoms with E-state index >= 15 is 13.2 Å². The zero-order valence-corrected chi connectivity index (χ0v) is 86.3. The molecule has 0 saturated heterocycles. The first kappa shape index (κ1) is 112. The van der Waals surface area contributed by atoms with Gasteiger partial charge in [-0.3, -0.25) is 14.2 Å². The zero-order chi connectivity index (χ0) is 108. The first-order chi connectivity index (χ1) is 70.7. The van der Waals surface area contributed by atoms with Crippen LogP contribution in [0, 0.1) is 52.4 Å². The van der Waals surface area contributed by atoms with Crippen LogP contribution >= 0.6 is 34.0 Å². The summed E-state index contributed by atoms with van der Waals surface area (Å²) in [6.45, 7) is 21.7. The first-order valence-electron chi connectivity index (χ1n) is 45.8. The molecule has 0 aliphatic heterocycles. The molecule has 0 saturated carbocycles. The van der Waals surface area contributed by atoms with Crippen LogP contribution in [0.4, 0.5) is 88.8 Å². The molecule has 9 aromatic carbocycles. The second kappa shape index (κ2) is 50.8. The van der Waals surface area contributed by atoms with Crippen molar-refractivity contribution in [1.29, 1.82) is 0 Å². The molecule has 0 radical (unpaired) electrons. The van der Waals surface area contributed by atoms with Gasteiger partial charge in [0.05, 0.1) is 65.9 Å². The normalized spacial score (nSPS) is 12.2. The van der Waals surface area contributed by atoms with Gasteiger partial charge in [-0.1, -0.05) is 141 Å². The third-order valence-electron chi connectivity index (χ3n) is 19.9. The van der Waals surface area contributed by atoms with Gasteiger partial charge in [-0.15, -0.1) is 34.0 Å². The number of nitrogens with one attached hydrogen (secondary N) is 10. The second-order valence-electron chi connectivity index (χ2n) is 34.0. The number of ether oxygens (including phenoxy) is 2. The largest absolute Gasteiger partial charge is 0.444 e. The molecule has 6 heterocycles. The van der Waals surface area contributed by atoms with Gasteiger partial charge in [0.2, 0.25) is 17.8 Å². The quantitative estimate of drug-likeness (QED) is 0.0180. The van der Waals surface area contributed by atoms with E-state index in [0.29, 0.717) is 79.2 Å². The van der Waals surface area contributed by atoms with E-state index < -0.39 is 138 Å². The molecule has 15 rings (SSSR count).